The molecular weight excluding hydrogens is 316 g/mol. The molecule has 2 saturated heterocycles. The van der Waals surface area contributed by atoms with Crippen molar-refractivity contribution in [3.63, 3.8) is 0 Å². The number of amides is 1. The highest BCUT2D eigenvalue weighted by molar-refractivity contribution is 5.69. The molecule has 3 atom stereocenters. The minimum Gasteiger partial charge on any atom is -0.444 e. The zero-order valence-electron chi connectivity index (χ0n) is 15.7. The summed E-state index contributed by atoms with van der Waals surface area (Å²) in [5.74, 6) is 0.292. The summed E-state index contributed by atoms with van der Waals surface area (Å²) in [6, 6.07) is 10.8. The highest BCUT2D eigenvalue weighted by atomic mass is 16.6. The number of hydrogen-bond donors (Lipinski definition) is 1. The minimum atomic E-state index is -0.489. The highest BCUT2D eigenvalue weighted by Gasteiger charge is 2.50. The molecule has 1 N–H and O–H groups in total. The van der Waals surface area contributed by atoms with Crippen molar-refractivity contribution in [3.05, 3.63) is 35.9 Å². The van der Waals surface area contributed by atoms with Gasteiger partial charge in [-0.1, -0.05) is 30.3 Å². The largest absolute Gasteiger partial charge is 0.444 e. The molecule has 1 amide bonds. The Labute approximate surface area is 150 Å². The SMILES string of the molecule is CC(c1ccccc1)N1CC2COCC[C@@]2(NC(=O)OC(C)(C)C)C1. The average Bonchev–Trinajstić information content (AvgIpc) is 2.92. The first-order valence-corrected chi connectivity index (χ1v) is 9.17. The summed E-state index contributed by atoms with van der Waals surface area (Å²) in [6.07, 6.45) is 0.503. The molecule has 0 aromatic heterocycles. The number of nitrogens with zero attached hydrogens (tertiary/aromatic N) is 1. The first-order chi connectivity index (χ1) is 11.8. The fourth-order valence-corrected chi connectivity index (χ4v) is 3.94. The average molecular weight is 346 g/mol. The van der Waals surface area contributed by atoms with Crippen molar-refractivity contribution in [1.29, 1.82) is 0 Å². The molecule has 0 saturated carbocycles. The summed E-state index contributed by atoms with van der Waals surface area (Å²) < 4.78 is 11.2. The molecule has 3 rings (SSSR count). The molecule has 5 heteroatoms. The van der Waals surface area contributed by atoms with E-state index in [9.17, 15) is 4.79 Å². The smallest absolute Gasteiger partial charge is 0.408 e. The van der Waals surface area contributed by atoms with Gasteiger partial charge in [-0.3, -0.25) is 4.90 Å². The van der Waals surface area contributed by atoms with E-state index >= 15 is 0 Å². The molecule has 1 aromatic rings. The van der Waals surface area contributed by atoms with E-state index in [1.807, 2.05) is 26.8 Å². The molecule has 2 aliphatic rings. The first-order valence-electron chi connectivity index (χ1n) is 9.17. The summed E-state index contributed by atoms with van der Waals surface area (Å²) >= 11 is 0. The molecule has 0 bridgehead atoms. The molecule has 0 aliphatic carbocycles. The van der Waals surface area contributed by atoms with Crippen LogP contribution in [0.15, 0.2) is 30.3 Å². The Hall–Kier alpha value is -1.59. The summed E-state index contributed by atoms with van der Waals surface area (Å²) in [5, 5.41) is 3.20. The fourth-order valence-electron chi connectivity index (χ4n) is 3.94. The van der Waals surface area contributed by atoms with Gasteiger partial charge in [-0.2, -0.15) is 0 Å². The normalized spacial score (nSPS) is 28.2. The van der Waals surface area contributed by atoms with Crippen LogP contribution in [0.2, 0.25) is 0 Å². The highest BCUT2D eigenvalue weighted by Crippen LogP contribution is 2.38. The van der Waals surface area contributed by atoms with Gasteiger partial charge in [0.1, 0.15) is 5.60 Å². The number of carbonyl (C=O) groups excluding carboxylic acids is 1. The summed E-state index contributed by atoms with van der Waals surface area (Å²) in [4.78, 5) is 14.9. The molecule has 0 spiro atoms. The topological polar surface area (TPSA) is 50.8 Å². The Kier molecular flexibility index (Phi) is 5.07. The Balaban J connectivity index is 1.74. The van der Waals surface area contributed by atoms with Crippen LogP contribution in [-0.2, 0) is 9.47 Å². The van der Waals surface area contributed by atoms with Crippen LogP contribution in [0.3, 0.4) is 0 Å². The lowest BCUT2D eigenvalue weighted by atomic mass is 9.83. The molecule has 2 unspecified atom stereocenters. The quantitative estimate of drug-likeness (QED) is 0.912. The Bertz CT molecular complexity index is 599. The van der Waals surface area contributed by atoms with Crippen molar-refractivity contribution in [2.75, 3.05) is 26.3 Å². The van der Waals surface area contributed by atoms with Gasteiger partial charge in [0.15, 0.2) is 0 Å². The molecule has 2 heterocycles. The third kappa shape index (κ3) is 4.15. The van der Waals surface area contributed by atoms with Crippen LogP contribution in [-0.4, -0.2) is 48.4 Å². The number of carbonyl (C=O) groups is 1. The maximum absolute atomic E-state index is 12.4. The van der Waals surface area contributed by atoms with Crippen molar-refractivity contribution < 1.29 is 14.3 Å². The van der Waals surface area contributed by atoms with Crippen LogP contribution in [0.4, 0.5) is 4.79 Å². The maximum atomic E-state index is 12.4. The van der Waals surface area contributed by atoms with Crippen LogP contribution in [0.25, 0.3) is 0 Å². The number of ether oxygens (including phenoxy) is 2. The van der Waals surface area contributed by atoms with Gasteiger partial charge in [0.05, 0.1) is 12.1 Å². The second-order valence-electron chi connectivity index (χ2n) is 8.32. The van der Waals surface area contributed by atoms with Gasteiger partial charge in [-0.25, -0.2) is 4.79 Å². The van der Waals surface area contributed by atoms with E-state index < -0.39 is 5.60 Å². The zero-order chi connectivity index (χ0) is 18.1. The van der Waals surface area contributed by atoms with Gasteiger partial charge in [0.25, 0.3) is 0 Å². The van der Waals surface area contributed by atoms with E-state index in [2.05, 4.69) is 41.4 Å². The van der Waals surface area contributed by atoms with E-state index in [0.29, 0.717) is 25.2 Å². The molecule has 5 nitrogen and oxygen atoms in total. The van der Waals surface area contributed by atoms with Crippen molar-refractivity contribution in [2.24, 2.45) is 5.92 Å². The molecule has 25 heavy (non-hydrogen) atoms. The first kappa shape index (κ1) is 18.2. The molecule has 1 aromatic carbocycles. The number of likely N-dealkylation sites (tertiary alicyclic amines) is 1. The van der Waals surface area contributed by atoms with Crippen LogP contribution >= 0.6 is 0 Å². The predicted octanol–water partition coefficient (Wildman–Crippen LogP) is 3.36. The number of benzene rings is 1. The van der Waals surface area contributed by atoms with Gasteiger partial charge in [0, 0.05) is 31.7 Å². The lowest BCUT2D eigenvalue weighted by molar-refractivity contribution is -0.00169. The van der Waals surface area contributed by atoms with Gasteiger partial charge in [-0.05, 0) is 39.7 Å². The van der Waals surface area contributed by atoms with Gasteiger partial charge < -0.3 is 14.8 Å². The van der Waals surface area contributed by atoms with Crippen molar-refractivity contribution >= 4 is 6.09 Å². The number of hydrogen-bond acceptors (Lipinski definition) is 4. The van der Waals surface area contributed by atoms with Gasteiger partial charge >= 0.3 is 6.09 Å². The third-order valence-electron chi connectivity index (χ3n) is 5.31. The third-order valence-corrected chi connectivity index (χ3v) is 5.31. The van der Waals surface area contributed by atoms with Gasteiger partial charge in [-0.15, -0.1) is 0 Å². The van der Waals surface area contributed by atoms with Crippen molar-refractivity contribution in [1.82, 2.24) is 10.2 Å². The number of nitrogens with one attached hydrogen (secondary N) is 1. The second-order valence-corrected chi connectivity index (χ2v) is 8.32. The second kappa shape index (κ2) is 6.96. The summed E-state index contributed by atoms with van der Waals surface area (Å²) in [7, 11) is 0. The van der Waals surface area contributed by atoms with E-state index in [0.717, 1.165) is 19.5 Å². The number of alkyl carbamates (subject to hydrolysis) is 1. The maximum Gasteiger partial charge on any atom is 0.408 e. The zero-order valence-corrected chi connectivity index (χ0v) is 15.7. The predicted molar refractivity (Wildman–Crippen MR) is 97.5 cm³/mol. The number of rotatable bonds is 3. The summed E-state index contributed by atoms with van der Waals surface area (Å²) in [5.41, 5.74) is 0.551. The van der Waals surface area contributed by atoms with Crippen molar-refractivity contribution in [2.45, 2.75) is 51.3 Å². The van der Waals surface area contributed by atoms with Crippen LogP contribution in [0.5, 0.6) is 0 Å². The standard InChI is InChI=1S/C20H30N2O3/c1-15(16-8-6-5-7-9-16)22-12-17-13-24-11-10-20(17,14-22)21-18(23)25-19(2,3)4/h5-9,15,17H,10-14H2,1-4H3,(H,21,23)/t15?,17?,20-/m1/s1. The van der Waals surface area contributed by atoms with Crippen molar-refractivity contribution in [3.8, 4) is 0 Å². The molecule has 2 fully saturated rings. The fraction of sp³-hybridized carbons (Fsp3) is 0.650. The van der Waals surface area contributed by atoms with E-state index in [1.54, 1.807) is 0 Å². The Morgan fingerprint density at radius 3 is 2.76 bits per heavy atom. The molecule has 0 radical (unpaired) electrons. The lowest BCUT2D eigenvalue weighted by Crippen LogP contribution is -2.58. The van der Waals surface area contributed by atoms with Gasteiger partial charge in [0.2, 0.25) is 0 Å². The van der Waals surface area contributed by atoms with Crippen LogP contribution < -0.4 is 5.32 Å². The lowest BCUT2D eigenvalue weighted by Gasteiger charge is -2.39. The summed E-state index contributed by atoms with van der Waals surface area (Å²) in [6.45, 7) is 11.0. The molecule has 138 valence electrons. The van der Waals surface area contributed by atoms with Crippen LogP contribution in [0.1, 0.15) is 45.7 Å². The van der Waals surface area contributed by atoms with E-state index in [4.69, 9.17) is 9.47 Å². The Morgan fingerprint density at radius 1 is 1.36 bits per heavy atom. The van der Waals surface area contributed by atoms with E-state index in [1.165, 1.54) is 5.56 Å². The minimum absolute atomic E-state index is 0.260. The Morgan fingerprint density at radius 2 is 2.08 bits per heavy atom. The van der Waals surface area contributed by atoms with Crippen LogP contribution in [0, 0.1) is 5.92 Å². The molecule has 2 aliphatic heterocycles. The molecular formula is C20H30N2O3. The van der Waals surface area contributed by atoms with E-state index in [-0.39, 0.29) is 11.6 Å². The number of fused-ring (bicyclic) bond motifs is 1. The monoisotopic (exact) mass is 346 g/mol.